The number of benzene rings is 2. The number of hydrogen-bond donors (Lipinski definition) is 1. The van der Waals surface area contributed by atoms with Crippen molar-refractivity contribution in [2.75, 3.05) is 11.9 Å². The monoisotopic (exact) mass is 277 g/mol. The molecule has 2 aromatic carbocycles. The Kier molecular flexibility index (Phi) is 3.16. The number of fused-ring (bicyclic) bond motifs is 1. The first-order valence-electron chi connectivity index (χ1n) is 6.53. The average molecular weight is 277 g/mol. The summed E-state index contributed by atoms with van der Waals surface area (Å²) < 4.78 is 38.6. The molecule has 0 heterocycles. The Labute approximate surface area is 115 Å². The van der Waals surface area contributed by atoms with Crippen molar-refractivity contribution in [3.63, 3.8) is 0 Å². The summed E-state index contributed by atoms with van der Waals surface area (Å²) in [5.41, 5.74) is 2.09. The maximum absolute atomic E-state index is 12.9. The maximum atomic E-state index is 12.9. The Morgan fingerprint density at radius 1 is 1.00 bits per heavy atom. The summed E-state index contributed by atoms with van der Waals surface area (Å²) in [6.07, 6.45) is -3.39. The van der Waals surface area contributed by atoms with Gasteiger partial charge in [0.1, 0.15) is 0 Å². The van der Waals surface area contributed by atoms with Gasteiger partial charge in [0.15, 0.2) is 0 Å². The third-order valence-corrected chi connectivity index (χ3v) is 3.73. The second-order valence-corrected chi connectivity index (χ2v) is 5.02. The normalized spacial score (nSPS) is 17.2. The lowest BCUT2D eigenvalue weighted by molar-refractivity contribution is -0.136. The second-order valence-electron chi connectivity index (χ2n) is 5.02. The van der Waals surface area contributed by atoms with Gasteiger partial charge in [-0.3, -0.25) is 0 Å². The predicted octanol–water partition coefficient (Wildman–Crippen LogP) is 4.46. The van der Waals surface area contributed by atoms with Crippen LogP contribution >= 0.6 is 0 Å². The highest BCUT2D eigenvalue weighted by molar-refractivity contribution is 5.53. The molecule has 0 bridgehead atoms. The number of halogens is 3. The van der Waals surface area contributed by atoms with Gasteiger partial charge in [0.2, 0.25) is 0 Å². The zero-order chi connectivity index (χ0) is 14.2. The minimum absolute atomic E-state index is 0.157. The molecule has 1 unspecified atom stereocenters. The number of anilines is 1. The van der Waals surface area contributed by atoms with Crippen LogP contribution in [0.15, 0.2) is 48.5 Å². The van der Waals surface area contributed by atoms with Crippen LogP contribution in [0.25, 0.3) is 0 Å². The van der Waals surface area contributed by atoms with E-state index in [1.807, 2.05) is 18.2 Å². The third-order valence-electron chi connectivity index (χ3n) is 3.73. The van der Waals surface area contributed by atoms with Crippen LogP contribution in [0.5, 0.6) is 0 Å². The van der Waals surface area contributed by atoms with E-state index in [-0.39, 0.29) is 5.69 Å². The van der Waals surface area contributed by atoms with Crippen molar-refractivity contribution in [1.29, 1.82) is 0 Å². The van der Waals surface area contributed by atoms with Gasteiger partial charge in [-0.2, -0.15) is 13.2 Å². The van der Waals surface area contributed by atoms with Crippen molar-refractivity contribution in [2.24, 2.45) is 0 Å². The van der Waals surface area contributed by atoms with E-state index in [0.29, 0.717) is 12.5 Å². The SMILES string of the molecule is FC(F)(F)c1ccccc1NCC1Cc2ccccc21. The van der Waals surface area contributed by atoms with Crippen molar-refractivity contribution in [2.45, 2.75) is 18.5 Å². The lowest BCUT2D eigenvalue weighted by atomic mass is 9.77. The van der Waals surface area contributed by atoms with Crippen LogP contribution in [0.2, 0.25) is 0 Å². The van der Waals surface area contributed by atoms with E-state index >= 15 is 0 Å². The van der Waals surface area contributed by atoms with Crippen LogP contribution in [0.1, 0.15) is 22.6 Å². The second kappa shape index (κ2) is 4.85. The average Bonchev–Trinajstić information content (AvgIpc) is 2.39. The van der Waals surface area contributed by atoms with Gasteiger partial charge in [0.25, 0.3) is 0 Å². The molecule has 0 radical (unpaired) electrons. The first-order valence-corrected chi connectivity index (χ1v) is 6.53. The molecule has 2 aromatic rings. The van der Waals surface area contributed by atoms with Crippen molar-refractivity contribution in [3.8, 4) is 0 Å². The summed E-state index contributed by atoms with van der Waals surface area (Å²) in [4.78, 5) is 0. The Morgan fingerprint density at radius 2 is 1.70 bits per heavy atom. The van der Waals surface area contributed by atoms with Crippen LogP contribution < -0.4 is 5.32 Å². The van der Waals surface area contributed by atoms with Crippen molar-refractivity contribution in [3.05, 3.63) is 65.2 Å². The maximum Gasteiger partial charge on any atom is 0.418 e. The molecule has 0 spiro atoms. The lowest BCUT2D eigenvalue weighted by Crippen LogP contribution is -2.25. The van der Waals surface area contributed by atoms with Gasteiger partial charge in [-0.15, -0.1) is 0 Å². The van der Waals surface area contributed by atoms with E-state index in [4.69, 9.17) is 0 Å². The summed E-state index contributed by atoms with van der Waals surface area (Å²) in [6, 6.07) is 13.7. The predicted molar refractivity (Wildman–Crippen MR) is 72.8 cm³/mol. The molecule has 1 atom stereocenters. The molecular formula is C16H14F3N. The highest BCUT2D eigenvalue weighted by atomic mass is 19.4. The largest absolute Gasteiger partial charge is 0.418 e. The standard InChI is InChI=1S/C16H14F3N/c17-16(18,19)14-7-3-4-8-15(14)20-10-12-9-11-5-1-2-6-13(11)12/h1-8,12,20H,9-10H2. The molecule has 0 saturated heterocycles. The number of rotatable bonds is 3. The Hall–Kier alpha value is -1.97. The lowest BCUT2D eigenvalue weighted by Gasteiger charge is -2.30. The molecule has 0 amide bonds. The van der Waals surface area contributed by atoms with Crippen LogP contribution in [0.3, 0.4) is 0 Å². The first kappa shape index (κ1) is 13.0. The fraction of sp³-hybridized carbons (Fsp3) is 0.250. The number of alkyl halides is 3. The van der Waals surface area contributed by atoms with E-state index in [0.717, 1.165) is 12.5 Å². The zero-order valence-corrected chi connectivity index (χ0v) is 10.7. The van der Waals surface area contributed by atoms with E-state index in [1.165, 1.54) is 23.3 Å². The van der Waals surface area contributed by atoms with Crippen molar-refractivity contribution < 1.29 is 13.2 Å². The minimum Gasteiger partial charge on any atom is -0.384 e. The van der Waals surface area contributed by atoms with Gasteiger partial charge in [-0.1, -0.05) is 36.4 Å². The molecule has 4 heteroatoms. The van der Waals surface area contributed by atoms with E-state index in [2.05, 4.69) is 11.4 Å². The molecule has 1 nitrogen and oxygen atoms in total. The molecule has 1 aliphatic carbocycles. The fourth-order valence-electron chi connectivity index (χ4n) is 2.66. The summed E-state index contributed by atoms with van der Waals surface area (Å²) in [5, 5.41) is 2.94. The summed E-state index contributed by atoms with van der Waals surface area (Å²) in [7, 11) is 0. The fourth-order valence-corrected chi connectivity index (χ4v) is 2.66. The topological polar surface area (TPSA) is 12.0 Å². The number of para-hydroxylation sites is 1. The van der Waals surface area contributed by atoms with E-state index in [9.17, 15) is 13.2 Å². The molecule has 3 rings (SSSR count). The molecular weight excluding hydrogens is 263 g/mol. The van der Waals surface area contributed by atoms with Gasteiger partial charge >= 0.3 is 6.18 Å². The van der Waals surface area contributed by atoms with Gasteiger partial charge in [-0.25, -0.2) is 0 Å². The van der Waals surface area contributed by atoms with Crippen LogP contribution in [-0.4, -0.2) is 6.54 Å². The Morgan fingerprint density at radius 3 is 2.45 bits per heavy atom. The zero-order valence-electron chi connectivity index (χ0n) is 10.7. The summed E-state index contributed by atoms with van der Waals surface area (Å²) >= 11 is 0. The highest BCUT2D eigenvalue weighted by Gasteiger charge is 2.33. The highest BCUT2D eigenvalue weighted by Crippen LogP contribution is 2.37. The molecule has 0 aromatic heterocycles. The number of nitrogens with one attached hydrogen (secondary N) is 1. The molecule has 0 fully saturated rings. The van der Waals surface area contributed by atoms with Gasteiger partial charge in [0, 0.05) is 18.2 Å². The quantitative estimate of drug-likeness (QED) is 0.873. The van der Waals surface area contributed by atoms with Crippen LogP contribution in [0.4, 0.5) is 18.9 Å². The number of hydrogen-bond acceptors (Lipinski definition) is 1. The van der Waals surface area contributed by atoms with E-state index < -0.39 is 11.7 Å². The minimum atomic E-state index is -4.32. The Balaban J connectivity index is 1.72. The van der Waals surface area contributed by atoms with Gasteiger partial charge < -0.3 is 5.32 Å². The summed E-state index contributed by atoms with van der Waals surface area (Å²) in [6.45, 7) is 0.532. The molecule has 1 N–H and O–H groups in total. The summed E-state index contributed by atoms with van der Waals surface area (Å²) in [5.74, 6) is 0.299. The van der Waals surface area contributed by atoms with Crippen molar-refractivity contribution in [1.82, 2.24) is 0 Å². The Bertz CT molecular complexity index is 619. The first-order chi connectivity index (χ1) is 9.55. The smallest absolute Gasteiger partial charge is 0.384 e. The molecule has 0 saturated carbocycles. The third kappa shape index (κ3) is 2.38. The van der Waals surface area contributed by atoms with Crippen LogP contribution in [-0.2, 0) is 12.6 Å². The molecule has 20 heavy (non-hydrogen) atoms. The van der Waals surface area contributed by atoms with Gasteiger partial charge in [-0.05, 0) is 29.7 Å². The molecule has 1 aliphatic rings. The molecule has 0 aliphatic heterocycles. The van der Waals surface area contributed by atoms with Crippen molar-refractivity contribution >= 4 is 5.69 Å². The molecule has 104 valence electrons. The van der Waals surface area contributed by atoms with Crippen LogP contribution in [0, 0.1) is 0 Å². The van der Waals surface area contributed by atoms with E-state index in [1.54, 1.807) is 6.07 Å². The van der Waals surface area contributed by atoms with Gasteiger partial charge in [0.05, 0.1) is 5.56 Å².